The first-order valence-electron chi connectivity index (χ1n) is 4.47. The maximum absolute atomic E-state index is 11.4. The highest BCUT2D eigenvalue weighted by molar-refractivity contribution is 6.18. The molecule has 0 atom stereocenters. The van der Waals surface area contributed by atoms with E-state index in [1.807, 2.05) is 0 Å². The van der Waals surface area contributed by atoms with Crippen LogP contribution in [0.2, 0.25) is 0 Å². The van der Waals surface area contributed by atoms with Gasteiger partial charge in [-0.2, -0.15) is 0 Å². The number of ether oxygens (including phenoxy) is 1. The minimum Gasteiger partial charge on any atom is -0.492 e. The molecule has 1 N–H and O–H groups in total. The van der Waals surface area contributed by atoms with Crippen molar-refractivity contribution < 1.29 is 4.74 Å². The quantitative estimate of drug-likeness (QED) is 0.805. The smallest absolute Gasteiger partial charge is 0.258 e. The highest BCUT2D eigenvalue weighted by Crippen LogP contribution is 2.15. The van der Waals surface area contributed by atoms with Crippen molar-refractivity contribution in [2.75, 3.05) is 12.5 Å². The molecule has 0 spiro atoms. The maximum atomic E-state index is 11.4. The van der Waals surface area contributed by atoms with Crippen LogP contribution in [0.4, 0.5) is 0 Å². The Morgan fingerprint density at radius 2 is 2.33 bits per heavy atom. The molecule has 2 rings (SSSR count). The van der Waals surface area contributed by atoms with Crippen LogP contribution in [0.15, 0.2) is 29.3 Å². The Labute approximate surface area is 90.9 Å². The summed E-state index contributed by atoms with van der Waals surface area (Å²) in [6.07, 6.45) is 1.38. The van der Waals surface area contributed by atoms with Gasteiger partial charge in [-0.05, 0) is 18.2 Å². The molecule has 1 aromatic carbocycles. The number of hydrogen-bond donors (Lipinski definition) is 1. The molecule has 0 aliphatic heterocycles. The zero-order chi connectivity index (χ0) is 10.7. The summed E-state index contributed by atoms with van der Waals surface area (Å²) >= 11 is 5.50. The van der Waals surface area contributed by atoms with E-state index in [1.165, 1.54) is 6.33 Å². The fourth-order valence-electron chi connectivity index (χ4n) is 1.29. The minimum absolute atomic E-state index is 0.170. The Morgan fingerprint density at radius 1 is 1.47 bits per heavy atom. The van der Waals surface area contributed by atoms with Gasteiger partial charge in [0.15, 0.2) is 0 Å². The monoisotopic (exact) mass is 224 g/mol. The van der Waals surface area contributed by atoms with Crippen molar-refractivity contribution in [3.8, 4) is 5.75 Å². The summed E-state index contributed by atoms with van der Waals surface area (Å²) in [6.45, 7) is 0.422. The molecule has 0 aliphatic carbocycles. The van der Waals surface area contributed by atoms with E-state index in [-0.39, 0.29) is 5.56 Å². The number of halogens is 1. The van der Waals surface area contributed by atoms with Crippen molar-refractivity contribution in [1.29, 1.82) is 0 Å². The molecule has 15 heavy (non-hydrogen) atoms. The van der Waals surface area contributed by atoms with Gasteiger partial charge >= 0.3 is 0 Å². The predicted octanol–water partition coefficient (Wildman–Crippen LogP) is 1.54. The van der Waals surface area contributed by atoms with Crippen LogP contribution in [0.1, 0.15) is 0 Å². The second-order valence-electron chi connectivity index (χ2n) is 2.95. The van der Waals surface area contributed by atoms with Gasteiger partial charge in [-0.3, -0.25) is 4.79 Å². The molecule has 0 aliphatic rings. The normalized spacial score (nSPS) is 10.5. The molecule has 0 saturated heterocycles. The number of rotatable bonds is 3. The SMILES string of the molecule is O=c1[nH]cnc2ccc(OCCCl)cc12. The van der Waals surface area contributed by atoms with Crippen molar-refractivity contribution >= 4 is 22.5 Å². The molecule has 78 valence electrons. The van der Waals surface area contributed by atoms with E-state index >= 15 is 0 Å². The molecule has 0 fully saturated rings. The predicted molar refractivity (Wildman–Crippen MR) is 58.6 cm³/mol. The number of benzene rings is 1. The number of H-pyrrole nitrogens is 1. The summed E-state index contributed by atoms with van der Waals surface area (Å²) in [4.78, 5) is 18.0. The summed E-state index contributed by atoms with van der Waals surface area (Å²) in [5.74, 6) is 1.04. The average molecular weight is 225 g/mol. The van der Waals surface area contributed by atoms with Gasteiger partial charge in [0.2, 0.25) is 0 Å². The van der Waals surface area contributed by atoms with E-state index < -0.39 is 0 Å². The maximum Gasteiger partial charge on any atom is 0.258 e. The Morgan fingerprint density at radius 3 is 3.13 bits per heavy atom. The molecule has 5 heteroatoms. The summed E-state index contributed by atoms with van der Waals surface area (Å²) in [7, 11) is 0. The van der Waals surface area contributed by atoms with Crippen molar-refractivity contribution in [2.45, 2.75) is 0 Å². The molecule has 0 amide bonds. The second kappa shape index (κ2) is 4.31. The van der Waals surface area contributed by atoms with Crippen molar-refractivity contribution in [2.24, 2.45) is 0 Å². The van der Waals surface area contributed by atoms with Crippen LogP contribution >= 0.6 is 11.6 Å². The van der Waals surface area contributed by atoms with Crippen LogP contribution in [0.25, 0.3) is 10.9 Å². The molecule has 0 bridgehead atoms. The van der Waals surface area contributed by atoms with E-state index in [4.69, 9.17) is 16.3 Å². The summed E-state index contributed by atoms with van der Waals surface area (Å²) in [5, 5.41) is 0.518. The summed E-state index contributed by atoms with van der Waals surface area (Å²) in [6, 6.07) is 5.17. The van der Waals surface area contributed by atoms with Gasteiger partial charge in [0.25, 0.3) is 5.56 Å². The van der Waals surface area contributed by atoms with Crippen molar-refractivity contribution in [3.05, 3.63) is 34.9 Å². The largest absolute Gasteiger partial charge is 0.492 e. The highest BCUT2D eigenvalue weighted by atomic mass is 35.5. The number of hydrogen-bond acceptors (Lipinski definition) is 3. The van der Waals surface area contributed by atoms with Gasteiger partial charge in [0.1, 0.15) is 12.4 Å². The van der Waals surface area contributed by atoms with E-state index in [9.17, 15) is 4.79 Å². The highest BCUT2D eigenvalue weighted by Gasteiger charge is 2.01. The van der Waals surface area contributed by atoms with Crippen LogP contribution in [0.5, 0.6) is 5.75 Å². The molecule has 4 nitrogen and oxygen atoms in total. The number of alkyl halides is 1. The van der Waals surface area contributed by atoms with Crippen LogP contribution < -0.4 is 10.3 Å². The first-order chi connectivity index (χ1) is 7.31. The lowest BCUT2D eigenvalue weighted by atomic mass is 10.2. The molecule has 0 saturated carbocycles. The third kappa shape index (κ3) is 2.10. The Hall–Kier alpha value is -1.55. The molecule has 0 radical (unpaired) electrons. The molecule has 1 heterocycles. The van der Waals surface area contributed by atoms with Crippen LogP contribution in [0.3, 0.4) is 0 Å². The van der Waals surface area contributed by atoms with Crippen molar-refractivity contribution in [3.63, 3.8) is 0 Å². The van der Waals surface area contributed by atoms with Crippen LogP contribution in [-0.4, -0.2) is 22.5 Å². The molecule has 0 unspecified atom stereocenters. The summed E-state index contributed by atoms with van der Waals surface area (Å²) in [5.41, 5.74) is 0.480. The zero-order valence-corrected chi connectivity index (χ0v) is 8.62. The minimum atomic E-state index is -0.170. The molecular weight excluding hydrogens is 216 g/mol. The molecule has 2 aromatic rings. The van der Waals surface area contributed by atoms with Crippen molar-refractivity contribution in [1.82, 2.24) is 9.97 Å². The number of nitrogens with one attached hydrogen (secondary N) is 1. The fraction of sp³-hybridized carbons (Fsp3) is 0.200. The fourth-order valence-corrected chi connectivity index (χ4v) is 1.37. The lowest BCUT2D eigenvalue weighted by Gasteiger charge is -2.03. The number of aromatic amines is 1. The lowest BCUT2D eigenvalue weighted by Crippen LogP contribution is -2.06. The van der Waals surface area contributed by atoms with E-state index in [1.54, 1.807) is 18.2 Å². The van der Waals surface area contributed by atoms with Crippen LogP contribution in [0, 0.1) is 0 Å². The lowest BCUT2D eigenvalue weighted by molar-refractivity contribution is 0.343. The third-order valence-corrected chi connectivity index (χ3v) is 2.11. The van der Waals surface area contributed by atoms with Gasteiger partial charge < -0.3 is 9.72 Å². The average Bonchev–Trinajstić information content (AvgIpc) is 2.27. The second-order valence-corrected chi connectivity index (χ2v) is 3.33. The number of nitrogens with zero attached hydrogens (tertiary/aromatic N) is 1. The topological polar surface area (TPSA) is 55.0 Å². The number of aromatic nitrogens is 2. The van der Waals surface area contributed by atoms with E-state index in [0.717, 1.165) is 0 Å². The van der Waals surface area contributed by atoms with Gasteiger partial charge in [-0.1, -0.05) is 0 Å². The first-order valence-corrected chi connectivity index (χ1v) is 5.01. The molecule has 1 aromatic heterocycles. The summed E-state index contributed by atoms with van der Waals surface area (Å²) < 4.78 is 5.31. The zero-order valence-electron chi connectivity index (χ0n) is 7.87. The van der Waals surface area contributed by atoms with Crippen LogP contribution in [-0.2, 0) is 0 Å². The van der Waals surface area contributed by atoms with Gasteiger partial charge in [-0.15, -0.1) is 11.6 Å². The van der Waals surface area contributed by atoms with E-state index in [0.29, 0.717) is 29.1 Å². The van der Waals surface area contributed by atoms with Gasteiger partial charge in [-0.25, -0.2) is 4.98 Å². The molecular formula is C10H9ClN2O2. The Balaban J connectivity index is 2.45. The third-order valence-electron chi connectivity index (χ3n) is 1.96. The standard InChI is InChI=1S/C10H9ClN2O2/c11-3-4-15-7-1-2-9-8(5-7)10(14)13-6-12-9/h1-2,5-6H,3-4H2,(H,12,13,14). The number of fused-ring (bicyclic) bond motifs is 1. The first kappa shape index (κ1) is 9.98. The van der Waals surface area contributed by atoms with Gasteiger partial charge in [0, 0.05) is 0 Å². The Kier molecular flexibility index (Phi) is 2.87. The van der Waals surface area contributed by atoms with E-state index in [2.05, 4.69) is 9.97 Å². The Bertz CT molecular complexity index is 524. The van der Waals surface area contributed by atoms with Gasteiger partial charge in [0.05, 0.1) is 23.1 Å².